The van der Waals surface area contributed by atoms with Crippen molar-refractivity contribution in [3.05, 3.63) is 94.0 Å². The highest BCUT2D eigenvalue weighted by molar-refractivity contribution is 7.22. The number of aryl methyl sites for hydroxylation is 2. The van der Waals surface area contributed by atoms with Gasteiger partial charge < -0.3 is 0 Å². The van der Waals surface area contributed by atoms with Crippen LogP contribution in [0.5, 0.6) is 0 Å². The van der Waals surface area contributed by atoms with Crippen molar-refractivity contribution in [3.8, 4) is 0 Å². The lowest BCUT2D eigenvalue weighted by Gasteiger charge is -2.21. The smallest absolute Gasteiger partial charge is 0.260 e. The van der Waals surface area contributed by atoms with E-state index in [1.807, 2.05) is 80.6 Å². The van der Waals surface area contributed by atoms with Crippen LogP contribution in [-0.2, 0) is 6.54 Å². The Labute approximate surface area is 173 Å². The number of fused-ring (bicyclic) bond motifs is 1. The SMILES string of the molecule is Cc1ccc(C)c(C(=O)N(Cc2ccccc2)c2nc3c(Cl)cccc3s2)c1. The Hall–Kier alpha value is -2.69. The zero-order valence-corrected chi connectivity index (χ0v) is 17.2. The Bertz CT molecular complexity index is 1150. The quantitative estimate of drug-likeness (QED) is 0.392. The number of carbonyl (C=O) groups excluding carboxylic acids is 1. The second-order valence-corrected chi connectivity index (χ2v) is 8.19. The number of rotatable bonds is 4. The van der Waals surface area contributed by atoms with E-state index in [9.17, 15) is 4.79 Å². The lowest BCUT2D eigenvalue weighted by molar-refractivity contribution is 0.0984. The van der Waals surface area contributed by atoms with E-state index in [4.69, 9.17) is 16.6 Å². The summed E-state index contributed by atoms with van der Waals surface area (Å²) in [7, 11) is 0. The summed E-state index contributed by atoms with van der Waals surface area (Å²) in [5, 5.41) is 1.25. The molecule has 0 N–H and O–H groups in total. The van der Waals surface area contributed by atoms with Crippen LogP contribution >= 0.6 is 22.9 Å². The third-order valence-electron chi connectivity index (χ3n) is 4.64. The molecule has 3 aromatic carbocycles. The van der Waals surface area contributed by atoms with E-state index in [1.165, 1.54) is 11.3 Å². The van der Waals surface area contributed by atoms with Gasteiger partial charge in [0.1, 0.15) is 5.52 Å². The number of anilines is 1. The molecule has 28 heavy (non-hydrogen) atoms. The predicted molar refractivity (Wildman–Crippen MR) is 118 cm³/mol. The van der Waals surface area contributed by atoms with E-state index in [0.29, 0.717) is 22.3 Å². The summed E-state index contributed by atoms with van der Waals surface area (Å²) in [6.07, 6.45) is 0. The molecule has 0 saturated heterocycles. The Morgan fingerprint density at radius 2 is 1.82 bits per heavy atom. The summed E-state index contributed by atoms with van der Waals surface area (Å²) in [6.45, 7) is 4.41. The highest BCUT2D eigenvalue weighted by atomic mass is 35.5. The van der Waals surface area contributed by atoms with Crippen LogP contribution in [0.1, 0.15) is 27.0 Å². The molecule has 4 rings (SSSR count). The topological polar surface area (TPSA) is 33.2 Å². The molecule has 1 amide bonds. The molecule has 0 aliphatic rings. The van der Waals surface area contributed by atoms with E-state index in [-0.39, 0.29) is 5.91 Å². The summed E-state index contributed by atoms with van der Waals surface area (Å²) in [5.41, 5.74) is 4.48. The number of amides is 1. The molecule has 1 aromatic heterocycles. The van der Waals surface area contributed by atoms with Crippen LogP contribution in [0.3, 0.4) is 0 Å². The van der Waals surface area contributed by atoms with Crippen LogP contribution in [0.4, 0.5) is 5.13 Å². The summed E-state index contributed by atoms with van der Waals surface area (Å²) < 4.78 is 0.967. The molecule has 0 spiro atoms. The average Bonchev–Trinajstić information content (AvgIpc) is 3.14. The minimum Gasteiger partial charge on any atom is -0.279 e. The van der Waals surface area contributed by atoms with Gasteiger partial charge in [-0.1, -0.05) is 77.0 Å². The second-order valence-electron chi connectivity index (χ2n) is 6.78. The van der Waals surface area contributed by atoms with Crippen molar-refractivity contribution < 1.29 is 4.79 Å². The van der Waals surface area contributed by atoms with Crippen molar-refractivity contribution in [1.82, 2.24) is 4.98 Å². The maximum Gasteiger partial charge on any atom is 0.260 e. The molecule has 0 atom stereocenters. The Balaban J connectivity index is 1.82. The molecule has 0 aliphatic heterocycles. The number of hydrogen-bond acceptors (Lipinski definition) is 3. The minimum atomic E-state index is -0.0553. The predicted octanol–water partition coefficient (Wildman–Crippen LogP) is 6.41. The van der Waals surface area contributed by atoms with E-state index in [0.717, 1.165) is 26.9 Å². The highest BCUT2D eigenvalue weighted by Gasteiger charge is 2.23. The fourth-order valence-electron chi connectivity index (χ4n) is 3.12. The minimum absolute atomic E-state index is 0.0553. The van der Waals surface area contributed by atoms with Gasteiger partial charge in [0.05, 0.1) is 16.3 Å². The van der Waals surface area contributed by atoms with Crippen LogP contribution in [-0.4, -0.2) is 10.9 Å². The number of thiazole rings is 1. The fourth-order valence-corrected chi connectivity index (χ4v) is 4.39. The monoisotopic (exact) mass is 406 g/mol. The first-order valence-electron chi connectivity index (χ1n) is 9.01. The molecule has 0 saturated carbocycles. The van der Waals surface area contributed by atoms with Gasteiger partial charge in [0, 0.05) is 5.56 Å². The maximum absolute atomic E-state index is 13.5. The molecule has 3 nitrogen and oxygen atoms in total. The van der Waals surface area contributed by atoms with Crippen LogP contribution in [0, 0.1) is 13.8 Å². The van der Waals surface area contributed by atoms with Crippen LogP contribution in [0.25, 0.3) is 10.2 Å². The van der Waals surface area contributed by atoms with Crippen molar-refractivity contribution in [3.63, 3.8) is 0 Å². The van der Waals surface area contributed by atoms with Crippen molar-refractivity contribution in [2.45, 2.75) is 20.4 Å². The van der Waals surface area contributed by atoms with Crippen LogP contribution < -0.4 is 4.90 Å². The van der Waals surface area contributed by atoms with Gasteiger partial charge in [0.15, 0.2) is 5.13 Å². The first kappa shape index (κ1) is 18.7. The largest absolute Gasteiger partial charge is 0.279 e. The van der Waals surface area contributed by atoms with Crippen molar-refractivity contribution >= 4 is 44.2 Å². The number of halogens is 1. The summed E-state index contributed by atoms with van der Waals surface area (Å²) in [6, 6.07) is 21.6. The molecule has 1 heterocycles. The average molecular weight is 407 g/mol. The number of hydrogen-bond donors (Lipinski definition) is 0. The van der Waals surface area contributed by atoms with Crippen molar-refractivity contribution in [1.29, 1.82) is 0 Å². The number of nitrogens with zero attached hydrogens (tertiary/aromatic N) is 2. The van der Waals surface area contributed by atoms with E-state index >= 15 is 0 Å². The molecule has 0 unspecified atom stereocenters. The van der Waals surface area contributed by atoms with Crippen LogP contribution in [0.15, 0.2) is 66.7 Å². The van der Waals surface area contributed by atoms with Gasteiger partial charge in [-0.2, -0.15) is 0 Å². The molecular weight excluding hydrogens is 388 g/mol. The standard InChI is InChI=1S/C23H19ClN2OS/c1-15-11-12-16(2)18(13-15)22(27)26(14-17-7-4-3-5-8-17)23-25-21-19(24)9-6-10-20(21)28-23/h3-13H,14H2,1-2H3. The van der Waals surface area contributed by atoms with E-state index in [1.54, 1.807) is 4.90 Å². The molecule has 0 aliphatic carbocycles. The lowest BCUT2D eigenvalue weighted by Crippen LogP contribution is -2.31. The molecule has 4 aromatic rings. The van der Waals surface area contributed by atoms with E-state index in [2.05, 4.69) is 0 Å². The normalized spacial score (nSPS) is 11.0. The van der Waals surface area contributed by atoms with Crippen LogP contribution in [0.2, 0.25) is 5.02 Å². The summed E-state index contributed by atoms with van der Waals surface area (Å²) >= 11 is 7.80. The second kappa shape index (κ2) is 7.74. The summed E-state index contributed by atoms with van der Waals surface area (Å²) in [5.74, 6) is -0.0553. The Kier molecular flexibility index (Phi) is 5.16. The molecular formula is C23H19ClN2OS. The first-order chi connectivity index (χ1) is 13.5. The van der Waals surface area contributed by atoms with Gasteiger partial charge in [-0.05, 0) is 43.2 Å². The van der Waals surface area contributed by atoms with Crippen molar-refractivity contribution in [2.24, 2.45) is 0 Å². The molecule has 0 bridgehead atoms. The fraction of sp³-hybridized carbons (Fsp3) is 0.130. The zero-order chi connectivity index (χ0) is 19.7. The third kappa shape index (κ3) is 3.66. The number of carbonyl (C=O) groups is 1. The molecule has 0 fully saturated rings. The number of benzene rings is 3. The van der Waals surface area contributed by atoms with Gasteiger partial charge >= 0.3 is 0 Å². The first-order valence-corrected chi connectivity index (χ1v) is 10.2. The Morgan fingerprint density at radius 3 is 2.57 bits per heavy atom. The van der Waals surface area contributed by atoms with Gasteiger partial charge in [0.25, 0.3) is 5.91 Å². The Morgan fingerprint density at radius 1 is 1.04 bits per heavy atom. The maximum atomic E-state index is 13.5. The van der Waals surface area contributed by atoms with Crippen molar-refractivity contribution in [2.75, 3.05) is 4.90 Å². The van der Waals surface area contributed by atoms with Gasteiger partial charge in [-0.25, -0.2) is 4.98 Å². The highest BCUT2D eigenvalue weighted by Crippen LogP contribution is 2.34. The molecule has 5 heteroatoms. The molecule has 0 radical (unpaired) electrons. The van der Waals surface area contributed by atoms with E-state index < -0.39 is 0 Å². The van der Waals surface area contributed by atoms with Gasteiger partial charge in [-0.3, -0.25) is 9.69 Å². The lowest BCUT2D eigenvalue weighted by atomic mass is 10.0. The van der Waals surface area contributed by atoms with Gasteiger partial charge in [0.2, 0.25) is 0 Å². The molecule has 140 valence electrons. The summed E-state index contributed by atoms with van der Waals surface area (Å²) in [4.78, 5) is 20.0. The third-order valence-corrected chi connectivity index (χ3v) is 5.99. The number of para-hydroxylation sites is 1. The number of aromatic nitrogens is 1. The zero-order valence-electron chi connectivity index (χ0n) is 15.6. The van der Waals surface area contributed by atoms with Gasteiger partial charge in [-0.15, -0.1) is 0 Å².